The molecule has 0 aliphatic heterocycles. The third-order valence-corrected chi connectivity index (χ3v) is 1.43. The van der Waals surface area contributed by atoms with Crippen molar-refractivity contribution in [2.24, 2.45) is 11.7 Å². The summed E-state index contributed by atoms with van der Waals surface area (Å²) in [5.74, 6) is -0.634. The fourth-order valence-corrected chi connectivity index (χ4v) is 0.830. The fraction of sp³-hybridized carbons (Fsp3) is 0.714. The predicted octanol–water partition coefficient (Wildman–Crippen LogP) is 0.928. The van der Waals surface area contributed by atoms with Crippen molar-refractivity contribution in [1.29, 1.82) is 5.41 Å². The zero-order chi connectivity index (χ0) is 8.15. The van der Waals surface area contributed by atoms with Crippen LogP contribution in [0.2, 0.25) is 0 Å². The molecular formula is C7H14N2O. The van der Waals surface area contributed by atoms with Crippen LogP contribution in [0.15, 0.2) is 0 Å². The number of amidine groups is 1. The van der Waals surface area contributed by atoms with Gasteiger partial charge < -0.3 is 5.73 Å². The van der Waals surface area contributed by atoms with Crippen LogP contribution in [0.5, 0.6) is 0 Å². The Hall–Kier alpha value is -0.860. The Balaban J connectivity index is 3.82. The lowest BCUT2D eigenvalue weighted by atomic mass is 10.0. The molecule has 3 N–H and O–H groups in total. The van der Waals surface area contributed by atoms with E-state index in [4.69, 9.17) is 11.1 Å². The first-order chi connectivity index (χ1) is 4.59. The summed E-state index contributed by atoms with van der Waals surface area (Å²) >= 11 is 0. The van der Waals surface area contributed by atoms with Crippen LogP contribution in [-0.2, 0) is 4.79 Å². The van der Waals surface area contributed by atoms with Gasteiger partial charge in [0.15, 0.2) is 11.6 Å². The van der Waals surface area contributed by atoms with E-state index >= 15 is 0 Å². The molecule has 0 saturated heterocycles. The fourth-order valence-electron chi connectivity index (χ4n) is 0.830. The minimum absolute atomic E-state index is 0.0810. The molecule has 0 aliphatic carbocycles. The van der Waals surface area contributed by atoms with E-state index in [9.17, 15) is 4.79 Å². The largest absolute Gasteiger partial charge is 0.381 e. The molecule has 0 aromatic heterocycles. The Kier molecular flexibility index (Phi) is 3.69. The van der Waals surface area contributed by atoms with Crippen LogP contribution >= 0.6 is 0 Å². The van der Waals surface area contributed by atoms with Crippen molar-refractivity contribution in [3.63, 3.8) is 0 Å². The Morgan fingerprint density at radius 2 is 2.20 bits per heavy atom. The maximum atomic E-state index is 10.9. The van der Waals surface area contributed by atoms with Crippen LogP contribution in [0, 0.1) is 11.3 Å². The molecule has 0 spiro atoms. The number of ketones is 1. The van der Waals surface area contributed by atoms with E-state index in [0.29, 0.717) is 0 Å². The van der Waals surface area contributed by atoms with E-state index < -0.39 is 0 Å². The van der Waals surface area contributed by atoms with Gasteiger partial charge in [0, 0.05) is 5.92 Å². The monoisotopic (exact) mass is 142 g/mol. The van der Waals surface area contributed by atoms with Crippen LogP contribution in [-0.4, -0.2) is 11.6 Å². The van der Waals surface area contributed by atoms with Crippen molar-refractivity contribution in [1.82, 2.24) is 0 Å². The molecule has 0 rings (SSSR count). The van der Waals surface area contributed by atoms with E-state index in [1.165, 1.54) is 0 Å². The summed E-state index contributed by atoms with van der Waals surface area (Å²) in [6.07, 6.45) is 1.78. The summed E-state index contributed by atoms with van der Waals surface area (Å²) in [4.78, 5) is 10.9. The molecule has 58 valence electrons. The van der Waals surface area contributed by atoms with Gasteiger partial charge in [-0.25, -0.2) is 0 Å². The number of carbonyl (C=O) groups is 1. The van der Waals surface area contributed by atoms with Crippen molar-refractivity contribution in [3.05, 3.63) is 0 Å². The van der Waals surface area contributed by atoms with Gasteiger partial charge in [-0.3, -0.25) is 10.2 Å². The van der Waals surface area contributed by atoms with Gasteiger partial charge in [0.05, 0.1) is 0 Å². The first-order valence-electron chi connectivity index (χ1n) is 3.47. The van der Waals surface area contributed by atoms with Gasteiger partial charge in [-0.1, -0.05) is 20.3 Å². The number of hydrogen-bond donors (Lipinski definition) is 2. The molecule has 0 fully saturated rings. The van der Waals surface area contributed by atoms with Crippen molar-refractivity contribution in [3.8, 4) is 0 Å². The number of nitrogens with one attached hydrogen (secondary N) is 1. The second kappa shape index (κ2) is 4.04. The normalized spacial score (nSPS) is 12.6. The van der Waals surface area contributed by atoms with Crippen LogP contribution in [0.25, 0.3) is 0 Å². The standard InChI is InChI=1S/C7H14N2O/c1-3-4-5(2)6(10)7(8)9/h5H,3-4H2,1-2H3,(H3,8,9). The summed E-state index contributed by atoms with van der Waals surface area (Å²) < 4.78 is 0. The highest BCUT2D eigenvalue weighted by atomic mass is 16.1. The highest BCUT2D eigenvalue weighted by molar-refractivity contribution is 6.37. The molecule has 3 nitrogen and oxygen atoms in total. The molecule has 0 aromatic carbocycles. The predicted molar refractivity (Wildman–Crippen MR) is 41.0 cm³/mol. The van der Waals surface area contributed by atoms with Crippen molar-refractivity contribution >= 4 is 11.6 Å². The number of hydrogen-bond acceptors (Lipinski definition) is 2. The van der Waals surface area contributed by atoms with Crippen molar-refractivity contribution in [2.75, 3.05) is 0 Å². The lowest BCUT2D eigenvalue weighted by Gasteiger charge is -2.05. The molecule has 0 heterocycles. The highest BCUT2D eigenvalue weighted by Gasteiger charge is 2.13. The topological polar surface area (TPSA) is 66.9 Å². The quantitative estimate of drug-likeness (QED) is 0.453. The van der Waals surface area contributed by atoms with Crippen LogP contribution in [0.3, 0.4) is 0 Å². The molecule has 0 saturated carbocycles. The average Bonchev–Trinajstić information content (AvgIpc) is 1.87. The average molecular weight is 142 g/mol. The number of rotatable bonds is 4. The highest BCUT2D eigenvalue weighted by Crippen LogP contribution is 2.05. The van der Waals surface area contributed by atoms with E-state index in [-0.39, 0.29) is 17.5 Å². The summed E-state index contributed by atoms with van der Waals surface area (Å²) in [7, 11) is 0. The molecular weight excluding hydrogens is 128 g/mol. The minimum Gasteiger partial charge on any atom is -0.381 e. The van der Waals surface area contributed by atoms with Gasteiger partial charge >= 0.3 is 0 Å². The zero-order valence-electron chi connectivity index (χ0n) is 6.48. The van der Waals surface area contributed by atoms with Gasteiger partial charge in [-0.05, 0) is 6.42 Å². The van der Waals surface area contributed by atoms with Gasteiger partial charge in [0.1, 0.15) is 0 Å². The summed E-state index contributed by atoms with van der Waals surface area (Å²) in [6, 6.07) is 0. The molecule has 0 bridgehead atoms. The van der Waals surface area contributed by atoms with Crippen LogP contribution < -0.4 is 5.73 Å². The minimum atomic E-state index is -0.319. The van der Waals surface area contributed by atoms with E-state index in [1.807, 2.05) is 6.92 Å². The molecule has 0 aliphatic rings. The third-order valence-electron chi connectivity index (χ3n) is 1.43. The second-order valence-electron chi connectivity index (χ2n) is 2.47. The zero-order valence-corrected chi connectivity index (χ0v) is 6.48. The Labute approximate surface area is 61.1 Å². The number of nitrogens with two attached hydrogens (primary N) is 1. The smallest absolute Gasteiger partial charge is 0.199 e. The van der Waals surface area contributed by atoms with Gasteiger partial charge in [-0.2, -0.15) is 0 Å². The van der Waals surface area contributed by atoms with Crippen molar-refractivity contribution in [2.45, 2.75) is 26.7 Å². The second-order valence-corrected chi connectivity index (χ2v) is 2.47. The van der Waals surface area contributed by atoms with E-state index in [1.54, 1.807) is 6.92 Å². The van der Waals surface area contributed by atoms with Crippen LogP contribution in [0.4, 0.5) is 0 Å². The number of Topliss-reactive ketones (excluding diaryl/α,β-unsaturated/α-hetero) is 1. The van der Waals surface area contributed by atoms with E-state index in [0.717, 1.165) is 12.8 Å². The Bertz CT molecular complexity index is 143. The molecule has 10 heavy (non-hydrogen) atoms. The molecule has 1 unspecified atom stereocenters. The van der Waals surface area contributed by atoms with Gasteiger partial charge in [0.2, 0.25) is 0 Å². The first-order valence-corrected chi connectivity index (χ1v) is 3.47. The van der Waals surface area contributed by atoms with Gasteiger partial charge in [0.25, 0.3) is 0 Å². The lowest BCUT2D eigenvalue weighted by Crippen LogP contribution is -2.27. The van der Waals surface area contributed by atoms with Crippen LogP contribution in [0.1, 0.15) is 26.7 Å². The lowest BCUT2D eigenvalue weighted by molar-refractivity contribution is -0.116. The molecule has 3 heteroatoms. The maximum absolute atomic E-state index is 10.9. The number of carbonyl (C=O) groups excluding carboxylic acids is 1. The Morgan fingerprint density at radius 1 is 1.70 bits per heavy atom. The summed E-state index contributed by atoms with van der Waals surface area (Å²) in [6.45, 7) is 3.80. The summed E-state index contributed by atoms with van der Waals surface area (Å²) in [5, 5.41) is 6.84. The van der Waals surface area contributed by atoms with Gasteiger partial charge in [-0.15, -0.1) is 0 Å². The summed E-state index contributed by atoms with van der Waals surface area (Å²) in [5.41, 5.74) is 5.00. The molecule has 0 radical (unpaired) electrons. The third kappa shape index (κ3) is 2.62. The molecule has 0 amide bonds. The molecule has 1 atom stereocenters. The SMILES string of the molecule is CCCC(C)C(=O)C(=N)N. The van der Waals surface area contributed by atoms with E-state index in [2.05, 4.69) is 0 Å². The molecule has 0 aromatic rings. The maximum Gasteiger partial charge on any atom is 0.199 e. The van der Waals surface area contributed by atoms with Crippen molar-refractivity contribution < 1.29 is 4.79 Å². The Morgan fingerprint density at radius 3 is 2.50 bits per heavy atom. The first kappa shape index (κ1) is 9.14.